The van der Waals surface area contributed by atoms with E-state index in [9.17, 15) is 9.90 Å². The lowest BCUT2D eigenvalue weighted by Gasteiger charge is -2.24. The van der Waals surface area contributed by atoms with Crippen molar-refractivity contribution >= 4 is 11.8 Å². The molecule has 0 radical (unpaired) electrons. The van der Waals surface area contributed by atoms with Gasteiger partial charge in [0.1, 0.15) is 11.4 Å². The third-order valence-corrected chi connectivity index (χ3v) is 3.76. The van der Waals surface area contributed by atoms with Crippen molar-refractivity contribution in [3.63, 3.8) is 0 Å². The fourth-order valence-corrected chi connectivity index (χ4v) is 2.67. The average Bonchev–Trinajstić information content (AvgIpc) is 2.94. The SMILES string of the molecule is Cc1nn(C)c(NCC(C)N2CCCC2)c1C(=O)O. The molecule has 0 aromatic carbocycles. The number of aromatic nitrogens is 2. The second kappa shape index (κ2) is 5.61. The van der Waals surface area contributed by atoms with Gasteiger partial charge in [0.2, 0.25) is 0 Å². The molecule has 1 fully saturated rings. The Hall–Kier alpha value is -1.56. The summed E-state index contributed by atoms with van der Waals surface area (Å²) in [6.07, 6.45) is 2.52. The molecule has 6 nitrogen and oxygen atoms in total. The molecule has 1 aliphatic rings. The number of aryl methyl sites for hydroxylation is 2. The fraction of sp³-hybridized carbons (Fsp3) is 0.692. The fourth-order valence-electron chi connectivity index (χ4n) is 2.67. The standard InChI is InChI=1S/C13H22N4O2/c1-9(17-6-4-5-7-17)8-14-12-11(13(18)19)10(2)15-16(12)3/h9,14H,4-8H2,1-3H3,(H,18,19). The second-order valence-corrected chi connectivity index (χ2v) is 5.21. The largest absolute Gasteiger partial charge is 0.477 e. The molecule has 2 rings (SSSR count). The van der Waals surface area contributed by atoms with Crippen LogP contribution in [0.2, 0.25) is 0 Å². The van der Waals surface area contributed by atoms with Crippen LogP contribution in [0.3, 0.4) is 0 Å². The Morgan fingerprint density at radius 3 is 2.68 bits per heavy atom. The summed E-state index contributed by atoms with van der Waals surface area (Å²) >= 11 is 0. The first-order valence-corrected chi connectivity index (χ1v) is 6.75. The third-order valence-electron chi connectivity index (χ3n) is 3.76. The number of carboxylic acid groups (broad SMARTS) is 1. The maximum Gasteiger partial charge on any atom is 0.341 e. The van der Waals surface area contributed by atoms with Crippen molar-refractivity contribution in [2.75, 3.05) is 25.0 Å². The van der Waals surface area contributed by atoms with Gasteiger partial charge in [-0.25, -0.2) is 4.79 Å². The molecule has 0 bridgehead atoms. The summed E-state index contributed by atoms with van der Waals surface area (Å²) in [5.74, 6) is -0.335. The van der Waals surface area contributed by atoms with Crippen molar-refractivity contribution in [3.8, 4) is 0 Å². The van der Waals surface area contributed by atoms with Crippen LogP contribution in [0.25, 0.3) is 0 Å². The van der Waals surface area contributed by atoms with Crippen LogP contribution in [0.4, 0.5) is 5.82 Å². The molecular weight excluding hydrogens is 244 g/mol. The molecule has 1 atom stereocenters. The van der Waals surface area contributed by atoms with Crippen molar-refractivity contribution < 1.29 is 9.90 Å². The van der Waals surface area contributed by atoms with E-state index < -0.39 is 5.97 Å². The number of hydrogen-bond donors (Lipinski definition) is 2. The number of aromatic carboxylic acids is 1. The zero-order chi connectivity index (χ0) is 14.0. The Bertz CT molecular complexity index is 463. The highest BCUT2D eigenvalue weighted by molar-refractivity contribution is 5.94. The normalized spacial score (nSPS) is 17.6. The predicted octanol–water partition coefficient (Wildman–Crippen LogP) is 1.32. The lowest BCUT2D eigenvalue weighted by atomic mass is 10.2. The van der Waals surface area contributed by atoms with Crippen LogP contribution in [0, 0.1) is 6.92 Å². The molecule has 2 heterocycles. The Morgan fingerprint density at radius 1 is 1.47 bits per heavy atom. The van der Waals surface area contributed by atoms with Gasteiger partial charge in [-0.15, -0.1) is 0 Å². The van der Waals surface area contributed by atoms with Gasteiger partial charge in [-0.3, -0.25) is 9.58 Å². The maximum absolute atomic E-state index is 11.3. The van der Waals surface area contributed by atoms with Gasteiger partial charge in [-0.2, -0.15) is 5.10 Å². The van der Waals surface area contributed by atoms with Crippen molar-refractivity contribution in [1.82, 2.24) is 14.7 Å². The molecule has 19 heavy (non-hydrogen) atoms. The molecule has 0 saturated carbocycles. The molecule has 106 valence electrons. The molecule has 6 heteroatoms. The van der Waals surface area contributed by atoms with E-state index >= 15 is 0 Å². The number of hydrogen-bond acceptors (Lipinski definition) is 4. The van der Waals surface area contributed by atoms with Crippen LogP contribution >= 0.6 is 0 Å². The predicted molar refractivity (Wildman–Crippen MR) is 73.7 cm³/mol. The number of likely N-dealkylation sites (tertiary alicyclic amines) is 1. The van der Waals surface area contributed by atoms with Crippen molar-refractivity contribution in [2.45, 2.75) is 32.7 Å². The van der Waals surface area contributed by atoms with Crippen molar-refractivity contribution in [1.29, 1.82) is 0 Å². The van der Waals surface area contributed by atoms with Gasteiger partial charge >= 0.3 is 5.97 Å². The van der Waals surface area contributed by atoms with E-state index in [-0.39, 0.29) is 5.56 Å². The van der Waals surface area contributed by atoms with Crippen LogP contribution in [0.15, 0.2) is 0 Å². The molecule has 1 saturated heterocycles. The Labute approximate surface area is 113 Å². The molecule has 2 N–H and O–H groups in total. The van der Waals surface area contributed by atoms with Crippen LogP contribution in [-0.4, -0.2) is 51.4 Å². The number of carboxylic acids is 1. The van der Waals surface area contributed by atoms with Gasteiger partial charge in [-0.1, -0.05) is 0 Å². The molecule has 0 aliphatic carbocycles. The first-order valence-electron chi connectivity index (χ1n) is 6.75. The van der Waals surface area contributed by atoms with Crippen LogP contribution < -0.4 is 5.32 Å². The van der Waals surface area contributed by atoms with Gasteiger partial charge in [-0.05, 0) is 39.8 Å². The second-order valence-electron chi connectivity index (χ2n) is 5.21. The Morgan fingerprint density at radius 2 is 2.11 bits per heavy atom. The summed E-state index contributed by atoms with van der Waals surface area (Å²) in [5, 5.41) is 16.6. The number of nitrogens with one attached hydrogen (secondary N) is 1. The maximum atomic E-state index is 11.3. The highest BCUT2D eigenvalue weighted by Gasteiger charge is 2.22. The Kier molecular flexibility index (Phi) is 4.09. The van der Waals surface area contributed by atoms with Gasteiger partial charge in [0.25, 0.3) is 0 Å². The quantitative estimate of drug-likeness (QED) is 0.841. The van der Waals surface area contributed by atoms with Crippen molar-refractivity contribution in [2.24, 2.45) is 7.05 Å². The zero-order valence-corrected chi connectivity index (χ0v) is 11.8. The minimum atomic E-state index is -0.929. The molecular formula is C13H22N4O2. The van der Waals surface area contributed by atoms with Crippen LogP contribution in [-0.2, 0) is 7.05 Å². The molecule has 0 amide bonds. The van der Waals surface area contributed by atoms with Crippen LogP contribution in [0.5, 0.6) is 0 Å². The molecule has 0 spiro atoms. The molecule has 1 aromatic rings. The average molecular weight is 266 g/mol. The lowest BCUT2D eigenvalue weighted by molar-refractivity contribution is 0.0697. The van der Waals surface area contributed by atoms with E-state index in [1.807, 2.05) is 0 Å². The van der Waals surface area contributed by atoms with E-state index in [0.29, 0.717) is 17.6 Å². The first-order chi connectivity index (χ1) is 9.00. The monoisotopic (exact) mass is 266 g/mol. The molecule has 1 unspecified atom stereocenters. The number of nitrogens with zero attached hydrogens (tertiary/aromatic N) is 3. The van der Waals surface area contributed by atoms with E-state index in [1.165, 1.54) is 12.8 Å². The highest BCUT2D eigenvalue weighted by atomic mass is 16.4. The lowest BCUT2D eigenvalue weighted by Crippen LogP contribution is -2.36. The summed E-state index contributed by atoms with van der Waals surface area (Å²) < 4.78 is 1.61. The van der Waals surface area contributed by atoms with Gasteiger partial charge in [0.05, 0.1) is 5.69 Å². The summed E-state index contributed by atoms with van der Waals surface area (Å²) in [6.45, 7) is 6.90. The van der Waals surface area contributed by atoms with E-state index in [1.54, 1.807) is 18.7 Å². The van der Waals surface area contributed by atoms with Crippen molar-refractivity contribution in [3.05, 3.63) is 11.3 Å². The summed E-state index contributed by atoms with van der Waals surface area (Å²) in [5.41, 5.74) is 0.822. The number of carbonyl (C=O) groups is 1. The van der Waals surface area contributed by atoms with Gasteiger partial charge < -0.3 is 10.4 Å². The molecule has 1 aromatic heterocycles. The summed E-state index contributed by atoms with van der Waals surface area (Å²) in [6, 6.07) is 0.402. The summed E-state index contributed by atoms with van der Waals surface area (Å²) in [4.78, 5) is 13.7. The third kappa shape index (κ3) is 2.89. The summed E-state index contributed by atoms with van der Waals surface area (Å²) in [7, 11) is 1.77. The van der Waals surface area contributed by atoms with E-state index in [4.69, 9.17) is 0 Å². The van der Waals surface area contributed by atoms with E-state index in [2.05, 4.69) is 22.2 Å². The smallest absolute Gasteiger partial charge is 0.341 e. The van der Waals surface area contributed by atoms with Gasteiger partial charge in [0.15, 0.2) is 0 Å². The minimum Gasteiger partial charge on any atom is -0.477 e. The minimum absolute atomic E-state index is 0.274. The Balaban J connectivity index is 2.04. The zero-order valence-electron chi connectivity index (χ0n) is 11.8. The molecule has 1 aliphatic heterocycles. The highest BCUT2D eigenvalue weighted by Crippen LogP contribution is 2.19. The van der Waals surface area contributed by atoms with Gasteiger partial charge in [0, 0.05) is 19.6 Å². The topological polar surface area (TPSA) is 70.4 Å². The number of anilines is 1. The first kappa shape index (κ1) is 13.9. The number of rotatable bonds is 5. The van der Waals surface area contributed by atoms with Crippen LogP contribution in [0.1, 0.15) is 35.8 Å². The van der Waals surface area contributed by atoms with E-state index in [0.717, 1.165) is 19.6 Å².